The maximum atomic E-state index is 9.37. The summed E-state index contributed by atoms with van der Waals surface area (Å²) in [6, 6.07) is 5.37. The fourth-order valence-electron chi connectivity index (χ4n) is 0.894. The molecule has 1 aromatic rings. The van der Waals surface area contributed by atoms with E-state index in [1.165, 1.54) is 0 Å². The van der Waals surface area contributed by atoms with E-state index in [-0.39, 0.29) is 5.75 Å². The number of phenolic OH excluding ortho intramolecular Hbond substituents is 1. The molecule has 1 aromatic carbocycles. The lowest BCUT2D eigenvalue weighted by Crippen LogP contribution is -1.93. The molecule has 0 saturated carbocycles. The Hall–Kier alpha value is -1.46. The fourth-order valence-corrected chi connectivity index (χ4v) is 0.894. The van der Waals surface area contributed by atoms with Gasteiger partial charge in [-0.05, 0) is 24.6 Å². The molecule has 2 nitrogen and oxygen atoms in total. The summed E-state index contributed by atoms with van der Waals surface area (Å²) in [4.78, 5) is 0. The zero-order chi connectivity index (χ0) is 8.97. The SMILES string of the molecule is Cc1ccc(C#CCN)c(O)c1. The largest absolute Gasteiger partial charge is 0.507 e. The van der Waals surface area contributed by atoms with Crippen molar-refractivity contribution in [1.29, 1.82) is 0 Å². The van der Waals surface area contributed by atoms with Crippen LogP contribution in [0.5, 0.6) is 5.75 Å². The fraction of sp³-hybridized carbons (Fsp3) is 0.200. The van der Waals surface area contributed by atoms with Gasteiger partial charge in [-0.2, -0.15) is 0 Å². The standard InChI is InChI=1S/C10H11NO/c1-8-4-5-9(3-2-6-11)10(12)7-8/h4-5,7,12H,6,11H2,1H3. The molecule has 0 aromatic heterocycles. The molecule has 0 atom stereocenters. The zero-order valence-electron chi connectivity index (χ0n) is 6.96. The van der Waals surface area contributed by atoms with Gasteiger partial charge in [-0.15, -0.1) is 0 Å². The number of benzene rings is 1. The molecule has 0 fully saturated rings. The summed E-state index contributed by atoms with van der Waals surface area (Å²) in [5.41, 5.74) is 6.85. The van der Waals surface area contributed by atoms with Gasteiger partial charge in [0.15, 0.2) is 0 Å². The highest BCUT2D eigenvalue weighted by Crippen LogP contribution is 2.16. The Balaban J connectivity index is 3.01. The van der Waals surface area contributed by atoms with Crippen molar-refractivity contribution >= 4 is 0 Å². The van der Waals surface area contributed by atoms with E-state index in [0.29, 0.717) is 12.1 Å². The van der Waals surface area contributed by atoms with E-state index in [1.54, 1.807) is 12.1 Å². The van der Waals surface area contributed by atoms with Crippen molar-refractivity contribution in [2.75, 3.05) is 6.54 Å². The van der Waals surface area contributed by atoms with E-state index in [9.17, 15) is 5.11 Å². The van der Waals surface area contributed by atoms with Gasteiger partial charge in [0, 0.05) is 0 Å². The van der Waals surface area contributed by atoms with Crippen molar-refractivity contribution < 1.29 is 5.11 Å². The summed E-state index contributed by atoms with van der Waals surface area (Å²) >= 11 is 0. The van der Waals surface area contributed by atoms with Crippen LogP contribution < -0.4 is 5.73 Å². The minimum Gasteiger partial charge on any atom is -0.507 e. The number of hydrogen-bond acceptors (Lipinski definition) is 2. The van der Waals surface area contributed by atoms with Gasteiger partial charge >= 0.3 is 0 Å². The Morgan fingerprint density at radius 3 is 2.83 bits per heavy atom. The van der Waals surface area contributed by atoms with Gasteiger partial charge in [0.05, 0.1) is 12.1 Å². The smallest absolute Gasteiger partial charge is 0.131 e. The van der Waals surface area contributed by atoms with Crippen molar-refractivity contribution in [3.8, 4) is 17.6 Å². The first-order chi connectivity index (χ1) is 5.74. The zero-order valence-corrected chi connectivity index (χ0v) is 6.96. The van der Waals surface area contributed by atoms with Crippen molar-refractivity contribution in [1.82, 2.24) is 0 Å². The molecule has 0 aliphatic heterocycles. The maximum Gasteiger partial charge on any atom is 0.131 e. The molecule has 0 unspecified atom stereocenters. The Morgan fingerprint density at radius 2 is 2.25 bits per heavy atom. The van der Waals surface area contributed by atoms with Gasteiger partial charge in [0.2, 0.25) is 0 Å². The summed E-state index contributed by atoms with van der Waals surface area (Å²) < 4.78 is 0. The van der Waals surface area contributed by atoms with Crippen LogP contribution in [0.2, 0.25) is 0 Å². The molecule has 2 heteroatoms. The highest BCUT2D eigenvalue weighted by atomic mass is 16.3. The number of nitrogens with two attached hydrogens (primary N) is 1. The molecule has 3 N–H and O–H groups in total. The number of aryl methyl sites for hydroxylation is 1. The van der Waals surface area contributed by atoms with Crippen LogP contribution in [0.4, 0.5) is 0 Å². The third-order valence-electron chi connectivity index (χ3n) is 1.48. The normalized spacial score (nSPS) is 8.83. The highest BCUT2D eigenvalue weighted by molar-refractivity contribution is 5.46. The number of aromatic hydroxyl groups is 1. The lowest BCUT2D eigenvalue weighted by Gasteiger charge is -1.97. The molecule has 0 amide bonds. The topological polar surface area (TPSA) is 46.2 Å². The predicted molar refractivity (Wildman–Crippen MR) is 48.8 cm³/mol. The first kappa shape index (κ1) is 8.63. The number of hydrogen-bond donors (Lipinski definition) is 2. The van der Waals surface area contributed by atoms with Crippen LogP contribution >= 0.6 is 0 Å². The molecule has 0 spiro atoms. The van der Waals surface area contributed by atoms with Crippen LogP contribution in [-0.4, -0.2) is 11.7 Å². The molecule has 0 saturated heterocycles. The third kappa shape index (κ3) is 2.01. The molecule has 0 aliphatic carbocycles. The molecule has 0 heterocycles. The summed E-state index contributed by atoms with van der Waals surface area (Å²) in [5.74, 6) is 5.68. The summed E-state index contributed by atoms with van der Waals surface area (Å²) in [6.07, 6.45) is 0. The highest BCUT2D eigenvalue weighted by Gasteiger charge is 1.95. The first-order valence-corrected chi connectivity index (χ1v) is 3.72. The molecule has 0 aliphatic rings. The second kappa shape index (κ2) is 3.80. The van der Waals surface area contributed by atoms with Crippen LogP contribution in [0.3, 0.4) is 0 Å². The van der Waals surface area contributed by atoms with Gasteiger partial charge in [-0.3, -0.25) is 0 Å². The van der Waals surface area contributed by atoms with E-state index in [4.69, 9.17) is 5.73 Å². The van der Waals surface area contributed by atoms with E-state index in [2.05, 4.69) is 11.8 Å². The second-order valence-electron chi connectivity index (χ2n) is 2.53. The summed E-state index contributed by atoms with van der Waals surface area (Å²) in [6.45, 7) is 2.23. The maximum absolute atomic E-state index is 9.37. The molecular formula is C10H11NO. The lowest BCUT2D eigenvalue weighted by atomic mass is 10.1. The van der Waals surface area contributed by atoms with Crippen molar-refractivity contribution in [3.63, 3.8) is 0 Å². The van der Waals surface area contributed by atoms with Crippen LogP contribution in [-0.2, 0) is 0 Å². The van der Waals surface area contributed by atoms with E-state index in [0.717, 1.165) is 5.56 Å². The van der Waals surface area contributed by atoms with Gasteiger partial charge in [-0.25, -0.2) is 0 Å². The first-order valence-electron chi connectivity index (χ1n) is 3.72. The van der Waals surface area contributed by atoms with Crippen molar-refractivity contribution in [3.05, 3.63) is 29.3 Å². The van der Waals surface area contributed by atoms with E-state index >= 15 is 0 Å². The Kier molecular flexibility index (Phi) is 2.73. The van der Waals surface area contributed by atoms with Gasteiger partial charge in [0.1, 0.15) is 5.75 Å². The quantitative estimate of drug-likeness (QED) is 0.558. The van der Waals surface area contributed by atoms with Crippen LogP contribution in [0, 0.1) is 18.8 Å². The van der Waals surface area contributed by atoms with Crippen molar-refractivity contribution in [2.45, 2.75) is 6.92 Å². The Labute approximate surface area is 72.0 Å². The van der Waals surface area contributed by atoms with Gasteiger partial charge < -0.3 is 10.8 Å². The van der Waals surface area contributed by atoms with E-state index < -0.39 is 0 Å². The average Bonchev–Trinajstić information content (AvgIpc) is 2.03. The van der Waals surface area contributed by atoms with Gasteiger partial charge in [-0.1, -0.05) is 17.9 Å². The van der Waals surface area contributed by atoms with E-state index in [1.807, 2.05) is 13.0 Å². The molecule has 0 radical (unpaired) electrons. The third-order valence-corrected chi connectivity index (χ3v) is 1.48. The minimum absolute atomic E-state index is 0.218. The van der Waals surface area contributed by atoms with Gasteiger partial charge in [0.25, 0.3) is 0 Å². The summed E-state index contributed by atoms with van der Waals surface area (Å²) in [7, 11) is 0. The molecular weight excluding hydrogens is 150 g/mol. The van der Waals surface area contributed by atoms with Crippen LogP contribution in [0.25, 0.3) is 0 Å². The summed E-state index contributed by atoms with van der Waals surface area (Å²) in [5, 5.41) is 9.37. The van der Waals surface area contributed by atoms with Crippen LogP contribution in [0.1, 0.15) is 11.1 Å². The monoisotopic (exact) mass is 161 g/mol. The Bertz CT molecular complexity index is 333. The molecule has 0 bridgehead atoms. The molecule has 12 heavy (non-hydrogen) atoms. The van der Waals surface area contributed by atoms with Crippen LogP contribution in [0.15, 0.2) is 18.2 Å². The average molecular weight is 161 g/mol. The molecule has 62 valence electrons. The predicted octanol–water partition coefficient (Wildman–Crippen LogP) is 1.01. The minimum atomic E-state index is 0.218. The Morgan fingerprint density at radius 1 is 1.50 bits per heavy atom. The second-order valence-corrected chi connectivity index (χ2v) is 2.53. The number of rotatable bonds is 0. The lowest BCUT2D eigenvalue weighted by molar-refractivity contribution is 0.473. The molecule has 1 rings (SSSR count). The van der Waals surface area contributed by atoms with Crippen molar-refractivity contribution in [2.24, 2.45) is 5.73 Å². The number of phenols is 1.